The molecule has 1 fully saturated rings. The zero-order chi connectivity index (χ0) is 23.6. The minimum Gasteiger partial charge on any atom is -0.366 e. The first-order valence-electron chi connectivity index (χ1n) is 11.3. The van der Waals surface area contributed by atoms with Gasteiger partial charge in [-0.2, -0.15) is 0 Å². The zero-order valence-corrected chi connectivity index (χ0v) is 18.9. The Kier molecular flexibility index (Phi) is 8.95. The summed E-state index contributed by atoms with van der Waals surface area (Å²) in [4.78, 5) is 24.5. The third-order valence-electron chi connectivity index (χ3n) is 5.89. The fourth-order valence-electron chi connectivity index (χ4n) is 4.09. The van der Waals surface area contributed by atoms with E-state index in [1.54, 1.807) is 24.3 Å². The third kappa shape index (κ3) is 8.31. The van der Waals surface area contributed by atoms with Gasteiger partial charge in [0.25, 0.3) is 6.20 Å². The second-order valence-corrected chi connectivity index (χ2v) is 8.49. The zero-order valence-electron chi connectivity index (χ0n) is 18.9. The van der Waals surface area contributed by atoms with Crippen LogP contribution in [0.3, 0.4) is 0 Å². The number of carbonyl (C=O) groups is 1. The first-order chi connectivity index (χ1) is 15.9. The molecule has 1 heterocycles. The normalized spacial score (nSPS) is 15.3. The van der Waals surface area contributed by atoms with Gasteiger partial charge >= 0.3 is 0 Å². The molecule has 0 radical (unpaired) electrons. The number of nitrogens with one attached hydrogen (secondary N) is 2. The molecule has 0 amide bonds. The van der Waals surface area contributed by atoms with E-state index in [9.17, 15) is 19.3 Å². The Labute approximate surface area is 193 Å². The Balaban J connectivity index is 1.40. The van der Waals surface area contributed by atoms with Crippen LogP contribution in [-0.2, 0) is 6.42 Å². The van der Waals surface area contributed by atoms with E-state index in [0.29, 0.717) is 29.5 Å². The van der Waals surface area contributed by atoms with Crippen LogP contribution in [0.15, 0.2) is 60.6 Å². The molecule has 0 spiro atoms. The van der Waals surface area contributed by atoms with Crippen molar-refractivity contribution in [3.05, 3.63) is 87.6 Å². The Bertz CT molecular complexity index is 970. The van der Waals surface area contributed by atoms with Crippen molar-refractivity contribution < 1.29 is 14.1 Å². The molecule has 3 rings (SSSR count). The molecule has 176 valence electrons. The van der Waals surface area contributed by atoms with Crippen LogP contribution >= 0.6 is 0 Å². The summed E-state index contributed by atoms with van der Waals surface area (Å²) in [6.45, 7) is 5.05. The van der Waals surface area contributed by atoms with Gasteiger partial charge in [0.15, 0.2) is 11.6 Å². The Morgan fingerprint density at radius 1 is 1.21 bits per heavy atom. The highest BCUT2D eigenvalue weighted by molar-refractivity contribution is 5.94. The van der Waals surface area contributed by atoms with Crippen LogP contribution in [0.1, 0.15) is 42.1 Å². The van der Waals surface area contributed by atoms with Crippen LogP contribution < -0.4 is 10.6 Å². The van der Waals surface area contributed by atoms with Crippen LogP contribution in [0.25, 0.3) is 0 Å². The molecule has 0 unspecified atom stereocenters. The number of benzene rings is 2. The largest absolute Gasteiger partial charge is 0.366 e. The van der Waals surface area contributed by atoms with Gasteiger partial charge in [-0.15, -0.1) is 0 Å². The predicted molar refractivity (Wildman–Crippen MR) is 127 cm³/mol. The lowest BCUT2D eigenvalue weighted by Crippen LogP contribution is -2.36. The van der Waals surface area contributed by atoms with Gasteiger partial charge in [-0.1, -0.05) is 24.3 Å². The second-order valence-electron chi connectivity index (χ2n) is 8.49. The van der Waals surface area contributed by atoms with Crippen molar-refractivity contribution >= 4 is 11.5 Å². The number of likely N-dealkylation sites (tertiary alicyclic amines) is 1. The number of nitro groups is 1. The van der Waals surface area contributed by atoms with E-state index in [4.69, 9.17) is 0 Å². The van der Waals surface area contributed by atoms with Crippen LogP contribution in [0.4, 0.5) is 10.1 Å². The molecule has 0 aromatic heterocycles. The van der Waals surface area contributed by atoms with Crippen molar-refractivity contribution in [1.82, 2.24) is 10.2 Å². The summed E-state index contributed by atoms with van der Waals surface area (Å²) in [6, 6.07) is 13.7. The highest BCUT2D eigenvalue weighted by atomic mass is 19.1. The number of Topliss-reactive ketones (excluding diaryl/α,β-unsaturated/α-hetero) is 1. The minimum atomic E-state index is -0.504. The first kappa shape index (κ1) is 24.4. The molecule has 33 heavy (non-hydrogen) atoms. The van der Waals surface area contributed by atoms with Crippen molar-refractivity contribution in [2.24, 2.45) is 5.92 Å². The molecular formula is C25H31FN4O3. The van der Waals surface area contributed by atoms with Crippen molar-refractivity contribution in [1.29, 1.82) is 0 Å². The standard InChI is InChI=1S/C25H31FN4O3/c1-19(31)22-4-2-5-24(17-22)28-25(18-30(32)33)27-12-3-13-29-14-10-21(11-15-29)16-20-6-8-23(26)9-7-20/h2,4-9,17-18,21,27-28H,3,10-16H2,1H3. The molecule has 7 nitrogen and oxygen atoms in total. The van der Waals surface area contributed by atoms with E-state index in [1.165, 1.54) is 24.6 Å². The Morgan fingerprint density at radius 3 is 2.61 bits per heavy atom. The summed E-state index contributed by atoms with van der Waals surface area (Å²) in [6.07, 6.45) is 4.98. The maximum absolute atomic E-state index is 13.1. The molecule has 1 aliphatic heterocycles. The summed E-state index contributed by atoms with van der Waals surface area (Å²) in [7, 11) is 0. The van der Waals surface area contributed by atoms with E-state index >= 15 is 0 Å². The minimum absolute atomic E-state index is 0.0622. The van der Waals surface area contributed by atoms with Gasteiger partial charge in [0.1, 0.15) is 5.82 Å². The molecule has 0 saturated carbocycles. The maximum atomic E-state index is 13.1. The number of hydrogen-bond donors (Lipinski definition) is 2. The first-order valence-corrected chi connectivity index (χ1v) is 11.3. The number of rotatable bonds is 11. The summed E-state index contributed by atoms with van der Waals surface area (Å²) in [5.41, 5.74) is 2.35. The molecule has 1 saturated heterocycles. The van der Waals surface area contributed by atoms with Crippen LogP contribution in [0.5, 0.6) is 0 Å². The van der Waals surface area contributed by atoms with Gasteiger partial charge in [-0.25, -0.2) is 4.39 Å². The number of hydrogen-bond acceptors (Lipinski definition) is 6. The van der Waals surface area contributed by atoms with Crippen molar-refractivity contribution in [2.45, 2.75) is 32.6 Å². The molecule has 1 aliphatic rings. The van der Waals surface area contributed by atoms with E-state index in [1.807, 2.05) is 12.1 Å². The molecule has 0 bridgehead atoms. The van der Waals surface area contributed by atoms with Gasteiger partial charge in [0.2, 0.25) is 0 Å². The highest BCUT2D eigenvalue weighted by Gasteiger charge is 2.19. The molecule has 0 atom stereocenters. The summed E-state index contributed by atoms with van der Waals surface area (Å²) < 4.78 is 13.1. The average Bonchev–Trinajstić information content (AvgIpc) is 2.79. The lowest BCUT2D eigenvalue weighted by Gasteiger charge is -2.32. The smallest absolute Gasteiger partial charge is 0.274 e. The van der Waals surface area contributed by atoms with Gasteiger partial charge in [-0.3, -0.25) is 14.9 Å². The number of piperidine rings is 1. The molecule has 2 N–H and O–H groups in total. The second kappa shape index (κ2) is 12.1. The Morgan fingerprint density at radius 2 is 1.94 bits per heavy atom. The SMILES string of the molecule is CC(=O)c1cccc(NC(=C[N+](=O)[O-])NCCCN2CCC(Cc3ccc(F)cc3)CC2)c1. The molecule has 2 aromatic carbocycles. The van der Waals surface area contributed by atoms with Crippen molar-refractivity contribution in [3.8, 4) is 0 Å². The van der Waals surface area contributed by atoms with Crippen molar-refractivity contribution in [2.75, 3.05) is 31.5 Å². The quantitative estimate of drug-likeness (QED) is 0.226. The molecular weight excluding hydrogens is 423 g/mol. The number of nitrogens with zero attached hydrogens (tertiary/aromatic N) is 2. The van der Waals surface area contributed by atoms with E-state index in [2.05, 4.69) is 15.5 Å². The topological polar surface area (TPSA) is 87.5 Å². The number of halogens is 1. The summed E-state index contributed by atoms with van der Waals surface area (Å²) in [5.74, 6) is 0.652. The lowest BCUT2D eigenvalue weighted by molar-refractivity contribution is -0.403. The van der Waals surface area contributed by atoms with Crippen LogP contribution in [-0.4, -0.2) is 41.8 Å². The van der Waals surface area contributed by atoms with Crippen LogP contribution in [0.2, 0.25) is 0 Å². The number of anilines is 1. The molecule has 8 heteroatoms. The maximum Gasteiger partial charge on any atom is 0.274 e. The summed E-state index contributed by atoms with van der Waals surface area (Å²) in [5, 5.41) is 17.1. The predicted octanol–water partition coefficient (Wildman–Crippen LogP) is 4.45. The summed E-state index contributed by atoms with van der Waals surface area (Å²) >= 11 is 0. The number of carbonyl (C=O) groups excluding carboxylic acids is 1. The number of ketones is 1. The monoisotopic (exact) mass is 454 g/mol. The highest BCUT2D eigenvalue weighted by Crippen LogP contribution is 2.22. The molecule has 0 aliphatic carbocycles. The van der Waals surface area contributed by atoms with E-state index in [-0.39, 0.29) is 11.6 Å². The van der Waals surface area contributed by atoms with Gasteiger partial charge < -0.3 is 15.5 Å². The molecule has 2 aromatic rings. The van der Waals surface area contributed by atoms with E-state index < -0.39 is 4.92 Å². The average molecular weight is 455 g/mol. The van der Waals surface area contributed by atoms with Gasteiger partial charge in [-0.05, 0) is 88.0 Å². The fraction of sp³-hybridized carbons (Fsp3) is 0.400. The van der Waals surface area contributed by atoms with Gasteiger partial charge in [0.05, 0.1) is 4.92 Å². The third-order valence-corrected chi connectivity index (χ3v) is 5.89. The van der Waals surface area contributed by atoms with Crippen LogP contribution in [0, 0.1) is 21.8 Å². The van der Waals surface area contributed by atoms with Gasteiger partial charge in [0, 0.05) is 17.8 Å². The van der Waals surface area contributed by atoms with Crippen molar-refractivity contribution in [3.63, 3.8) is 0 Å². The lowest BCUT2D eigenvalue weighted by atomic mass is 9.90. The fourth-order valence-corrected chi connectivity index (χ4v) is 4.09. The van der Waals surface area contributed by atoms with E-state index in [0.717, 1.165) is 51.5 Å². The Hall–Kier alpha value is -3.26.